The third kappa shape index (κ3) is 3.03. The molecule has 1 aromatic rings. The molecule has 0 radical (unpaired) electrons. The summed E-state index contributed by atoms with van der Waals surface area (Å²) in [4.78, 5) is 0. The van der Waals surface area contributed by atoms with E-state index in [0.29, 0.717) is 13.0 Å². The Morgan fingerprint density at radius 2 is 2.06 bits per heavy atom. The summed E-state index contributed by atoms with van der Waals surface area (Å²) >= 11 is 0. The molecule has 18 heavy (non-hydrogen) atoms. The first kappa shape index (κ1) is 13.4. The third-order valence-corrected chi connectivity index (χ3v) is 5.04. The maximum absolute atomic E-state index is 11.4. The second-order valence-corrected chi connectivity index (χ2v) is 6.84. The van der Waals surface area contributed by atoms with E-state index in [2.05, 4.69) is 0 Å². The summed E-state index contributed by atoms with van der Waals surface area (Å²) in [6.07, 6.45) is -0.172. The number of hydrogen-bond acceptors (Lipinski definition) is 4. The first-order valence-corrected chi connectivity index (χ1v) is 7.95. The first-order valence-electron chi connectivity index (χ1n) is 6.13. The summed E-state index contributed by atoms with van der Waals surface area (Å²) in [5.74, 6) is 0.841. The van der Waals surface area contributed by atoms with Crippen LogP contribution in [0.4, 0.5) is 0 Å². The minimum Gasteiger partial charge on any atom is -0.494 e. The van der Waals surface area contributed by atoms with Crippen LogP contribution >= 0.6 is 0 Å². The molecule has 0 aromatic heterocycles. The average molecular weight is 270 g/mol. The molecule has 5 heteroatoms. The number of sulfone groups is 1. The molecular weight excluding hydrogens is 252 g/mol. The van der Waals surface area contributed by atoms with E-state index in [0.717, 1.165) is 11.3 Å². The highest BCUT2D eigenvalue weighted by molar-refractivity contribution is 7.91. The number of rotatable bonds is 4. The van der Waals surface area contributed by atoms with E-state index >= 15 is 0 Å². The lowest BCUT2D eigenvalue weighted by Gasteiger charge is -2.17. The van der Waals surface area contributed by atoms with Crippen LogP contribution in [-0.4, -0.2) is 31.6 Å². The van der Waals surface area contributed by atoms with Crippen LogP contribution < -0.4 is 4.74 Å². The Morgan fingerprint density at radius 1 is 1.39 bits per heavy atom. The lowest BCUT2D eigenvalue weighted by molar-refractivity contribution is 0.121. The summed E-state index contributed by atoms with van der Waals surface area (Å²) in [7, 11) is -2.95. The normalized spacial score (nSPS) is 23.8. The molecule has 4 nitrogen and oxygen atoms in total. The van der Waals surface area contributed by atoms with Gasteiger partial charge in [-0.05, 0) is 31.0 Å². The molecule has 0 amide bonds. The van der Waals surface area contributed by atoms with Crippen LogP contribution in [-0.2, 0) is 9.84 Å². The van der Waals surface area contributed by atoms with Crippen molar-refractivity contribution in [2.75, 3.05) is 18.1 Å². The summed E-state index contributed by atoms with van der Waals surface area (Å²) in [6.45, 7) is 2.51. The minimum atomic E-state index is -2.95. The van der Waals surface area contributed by atoms with E-state index in [4.69, 9.17) is 4.74 Å². The van der Waals surface area contributed by atoms with Gasteiger partial charge in [0.1, 0.15) is 5.75 Å². The van der Waals surface area contributed by atoms with Crippen LogP contribution in [0, 0.1) is 5.92 Å². The fourth-order valence-corrected chi connectivity index (χ4v) is 4.10. The molecule has 1 aliphatic rings. The SMILES string of the molecule is CCOc1ccc(C(O)C2CCS(=O)(=O)C2)cc1. The van der Waals surface area contributed by atoms with Crippen LogP contribution in [0.3, 0.4) is 0 Å². The number of aliphatic hydroxyl groups is 1. The monoisotopic (exact) mass is 270 g/mol. The van der Waals surface area contributed by atoms with Gasteiger partial charge in [-0.25, -0.2) is 8.42 Å². The molecular formula is C13H18O4S. The van der Waals surface area contributed by atoms with Crippen LogP contribution in [0.15, 0.2) is 24.3 Å². The Hall–Kier alpha value is -1.07. The van der Waals surface area contributed by atoms with Gasteiger partial charge >= 0.3 is 0 Å². The van der Waals surface area contributed by atoms with Gasteiger partial charge in [0.2, 0.25) is 0 Å². The fraction of sp³-hybridized carbons (Fsp3) is 0.538. The highest BCUT2D eigenvalue weighted by atomic mass is 32.2. The van der Waals surface area contributed by atoms with E-state index < -0.39 is 15.9 Å². The average Bonchev–Trinajstić information content (AvgIpc) is 2.70. The highest BCUT2D eigenvalue weighted by Gasteiger charge is 2.33. The Bertz CT molecular complexity index is 492. The van der Waals surface area contributed by atoms with Crippen molar-refractivity contribution in [1.82, 2.24) is 0 Å². The van der Waals surface area contributed by atoms with Crippen LogP contribution in [0.2, 0.25) is 0 Å². The van der Waals surface area contributed by atoms with Gasteiger partial charge in [-0.15, -0.1) is 0 Å². The molecule has 0 spiro atoms. The van der Waals surface area contributed by atoms with E-state index in [9.17, 15) is 13.5 Å². The molecule has 0 aliphatic carbocycles. The Morgan fingerprint density at radius 3 is 2.56 bits per heavy atom. The number of hydrogen-bond donors (Lipinski definition) is 1. The molecule has 1 aromatic carbocycles. The Kier molecular flexibility index (Phi) is 3.92. The smallest absolute Gasteiger partial charge is 0.150 e. The van der Waals surface area contributed by atoms with Crippen LogP contribution in [0.5, 0.6) is 5.75 Å². The maximum Gasteiger partial charge on any atom is 0.150 e. The van der Waals surface area contributed by atoms with Crippen molar-refractivity contribution >= 4 is 9.84 Å². The Balaban J connectivity index is 2.07. The lowest BCUT2D eigenvalue weighted by atomic mass is 9.95. The second-order valence-electron chi connectivity index (χ2n) is 4.61. The predicted molar refractivity (Wildman–Crippen MR) is 69.3 cm³/mol. The molecule has 1 heterocycles. The van der Waals surface area contributed by atoms with Gasteiger partial charge in [-0.3, -0.25) is 0 Å². The van der Waals surface area contributed by atoms with Gasteiger partial charge < -0.3 is 9.84 Å². The summed E-state index contributed by atoms with van der Waals surface area (Å²) in [5, 5.41) is 10.2. The molecule has 1 fully saturated rings. The van der Waals surface area contributed by atoms with Crippen molar-refractivity contribution in [3.05, 3.63) is 29.8 Å². The van der Waals surface area contributed by atoms with E-state index in [1.54, 1.807) is 24.3 Å². The third-order valence-electron chi connectivity index (χ3n) is 3.25. The quantitative estimate of drug-likeness (QED) is 0.901. The van der Waals surface area contributed by atoms with E-state index in [-0.39, 0.29) is 17.4 Å². The summed E-state index contributed by atoms with van der Waals surface area (Å²) in [6, 6.07) is 7.18. The van der Waals surface area contributed by atoms with E-state index in [1.807, 2.05) is 6.92 Å². The van der Waals surface area contributed by atoms with Crippen molar-refractivity contribution in [3.63, 3.8) is 0 Å². The molecule has 1 aliphatic heterocycles. The van der Waals surface area contributed by atoms with Gasteiger partial charge in [0, 0.05) is 5.92 Å². The zero-order valence-corrected chi connectivity index (χ0v) is 11.2. The molecule has 1 N–H and O–H groups in total. The highest BCUT2D eigenvalue weighted by Crippen LogP contribution is 2.31. The molecule has 1 saturated heterocycles. The molecule has 100 valence electrons. The van der Waals surface area contributed by atoms with Crippen molar-refractivity contribution < 1.29 is 18.3 Å². The fourth-order valence-electron chi connectivity index (χ4n) is 2.27. The number of aliphatic hydroxyl groups excluding tert-OH is 1. The molecule has 0 bridgehead atoms. The van der Waals surface area contributed by atoms with Crippen molar-refractivity contribution in [2.45, 2.75) is 19.4 Å². The summed E-state index contributed by atoms with van der Waals surface area (Å²) < 4.78 is 28.1. The standard InChI is InChI=1S/C13H18O4S/c1-2-17-12-5-3-10(4-6-12)13(14)11-7-8-18(15,16)9-11/h3-6,11,13-14H,2,7-9H2,1H3. The lowest BCUT2D eigenvalue weighted by Crippen LogP contribution is -2.14. The molecule has 0 saturated carbocycles. The molecule has 2 atom stereocenters. The van der Waals surface area contributed by atoms with Gasteiger partial charge in [0.15, 0.2) is 9.84 Å². The zero-order chi connectivity index (χ0) is 13.2. The van der Waals surface area contributed by atoms with Gasteiger partial charge in [0.05, 0.1) is 24.2 Å². The van der Waals surface area contributed by atoms with Gasteiger partial charge in [0.25, 0.3) is 0 Å². The van der Waals surface area contributed by atoms with Crippen molar-refractivity contribution in [3.8, 4) is 5.75 Å². The number of benzene rings is 1. The maximum atomic E-state index is 11.4. The van der Waals surface area contributed by atoms with Crippen LogP contribution in [0.25, 0.3) is 0 Å². The topological polar surface area (TPSA) is 63.6 Å². The number of ether oxygens (including phenoxy) is 1. The zero-order valence-electron chi connectivity index (χ0n) is 10.4. The van der Waals surface area contributed by atoms with Gasteiger partial charge in [-0.2, -0.15) is 0 Å². The largest absolute Gasteiger partial charge is 0.494 e. The first-order chi connectivity index (χ1) is 8.52. The molecule has 2 rings (SSSR count). The Labute approximate surface area is 108 Å². The second kappa shape index (κ2) is 5.28. The van der Waals surface area contributed by atoms with Gasteiger partial charge in [-0.1, -0.05) is 12.1 Å². The van der Waals surface area contributed by atoms with Crippen molar-refractivity contribution in [1.29, 1.82) is 0 Å². The predicted octanol–water partition coefficient (Wildman–Crippen LogP) is 1.55. The van der Waals surface area contributed by atoms with Crippen LogP contribution in [0.1, 0.15) is 25.0 Å². The minimum absolute atomic E-state index is 0.0847. The van der Waals surface area contributed by atoms with Crippen molar-refractivity contribution in [2.24, 2.45) is 5.92 Å². The van der Waals surface area contributed by atoms with E-state index in [1.165, 1.54) is 0 Å². The summed E-state index contributed by atoms with van der Waals surface area (Å²) in [5.41, 5.74) is 0.751. The molecule has 2 unspecified atom stereocenters.